The van der Waals surface area contributed by atoms with Gasteiger partial charge >= 0.3 is 0 Å². The molecule has 1 aromatic heterocycles. The number of carbonyl (C=O) groups is 1. The second kappa shape index (κ2) is 6.39. The SMILES string of the molecule is CCc1cc(C(=O)N(C)Cc2ccc(C)cc2)cc(N)n1. The molecule has 0 aliphatic rings. The topological polar surface area (TPSA) is 59.2 Å². The van der Waals surface area contributed by atoms with E-state index in [2.05, 4.69) is 4.98 Å². The minimum Gasteiger partial charge on any atom is -0.384 e. The van der Waals surface area contributed by atoms with Crippen LogP contribution in [-0.4, -0.2) is 22.8 Å². The Balaban J connectivity index is 2.15. The Morgan fingerprint density at radius 1 is 1.24 bits per heavy atom. The average Bonchev–Trinajstić information content (AvgIpc) is 2.48. The summed E-state index contributed by atoms with van der Waals surface area (Å²) in [6, 6.07) is 11.6. The fourth-order valence-corrected chi connectivity index (χ4v) is 2.17. The van der Waals surface area contributed by atoms with E-state index in [1.54, 1.807) is 18.0 Å². The smallest absolute Gasteiger partial charge is 0.254 e. The van der Waals surface area contributed by atoms with Gasteiger partial charge in [0, 0.05) is 24.8 Å². The van der Waals surface area contributed by atoms with E-state index in [1.807, 2.05) is 44.2 Å². The number of aromatic nitrogens is 1. The van der Waals surface area contributed by atoms with Gasteiger partial charge in [-0.2, -0.15) is 0 Å². The third-order valence-corrected chi connectivity index (χ3v) is 3.39. The van der Waals surface area contributed by atoms with Crippen molar-refractivity contribution in [3.05, 3.63) is 58.8 Å². The van der Waals surface area contributed by atoms with Crippen LogP contribution in [-0.2, 0) is 13.0 Å². The number of hydrogen-bond acceptors (Lipinski definition) is 3. The number of nitrogens with two attached hydrogens (primary N) is 1. The Labute approximate surface area is 125 Å². The molecule has 21 heavy (non-hydrogen) atoms. The molecule has 0 radical (unpaired) electrons. The van der Waals surface area contributed by atoms with Crippen molar-refractivity contribution in [2.75, 3.05) is 12.8 Å². The van der Waals surface area contributed by atoms with Crippen molar-refractivity contribution in [1.82, 2.24) is 9.88 Å². The lowest BCUT2D eigenvalue weighted by atomic mass is 10.1. The van der Waals surface area contributed by atoms with Crippen LogP contribution in [0.25, 0.3) is 0 Å². The van der Waals surface area contributed by atoms with Gasteiger partial charge in [-0.25, -0.2) is 4.98 Å². The van der Waals surface area contributed by atoms with E-state index >= 15 is 0 Å². The lowest BCUT2D eigenvalue weighted by molar-refractivity contribution is 0.0785. The van der Waals surface area contributed by atoms with E-state index in [9.17, 15) is 4.79 Å². The van der Waals surface area contributed by atoms with Crippen molar-refractivity contribution in [1.29, 1.82) is 0 Å². The highest BCUT2D eigenvalue weighted by Crippen LogP contribution is 2.13. The molecule has 0 saturated carbocycles. The first-order valence-corrected chi connectivity index (χ1v) is 7.07. The van der Waals surface area contributed by atoms with Crippen molar-refractivity contribution < 1.29 is 4.79 Å². The van der Waals surface area contributed by atoms with E-state index in [0.717, 1.165) is 17.7 Å². The largest absolute Gasteiger partial charge is 0.384 e. The molecule has 110 valence electrons. The first kappa shape index (κ1) is 15.0. The summed E-state index contributed by atoms with van der Waals surface area (Å²) in [6.45, 7) is 4.61. The van der Waals surface area contributed by atoms with Gasteiger partial charge in [-0.05, 0) is 31.0 Å². The summed E-state index contributed by atoms with van der Waals surface area (Å²) >= 11 is 0. The molecule has 0 bridgehead atoms. The van der Waals surface area contributed by atoms with Crippen LogP contribution in [0.15, 0.2) is 36.4 Å². The third kappa shape index (κ3) is 3.81. The van der Waals surface area contributed by atoms with Crippen LogP contribution in [0.4, 0.5) is 5.82 Å². The molecule has 0 unspecified atom stereocenters. The van der Waals surface area contributed by atoms with Crippen molar-refractivity contribution >= 4 is 11.7 Å². The number of anilines is 1. The lowest BCUT2D eigenvalue weighted by Gasteiger charge is -2.18. The molecule has 0 spiro atoms. The summed E-state index contributed by atoms with van der Waals surface area (Å²) in [6.07, 6.45) is 0.757. The third-order valence-electron chi connectivity index (χ3n) is 3.39. The first-order chi connectivity index (χ1) is 9.99. The van der Waals surface area contributed by atoms with Crippen LogP contribution in [0.2, 0.25) is 0 Å². The van der Waals surface area contributed by atoms with E-state index in [4.69, 9.17) is 5.73 Å². The Morgan fingerprint density at radius 3 is 2.52 bits per heavy atom. The van der Waals surface area contributed by atoms with E-state index in [1.165, 1.54) is 5.56 Å². The van der Waals surface area contributed by atoms with Crippen LogP contribution >= 0.6 is 0 Å². The molecule has 1 aromatic carbocycles. The van der Waals surface area contributed by atoms with Crippen molar-refractivity contribution in [2.24, 2.45) is 0 Å². The Kier molecular flexibility index (Phi) is 4.58. The molecule has 1 amide bonds. The number of nitrogen functional groups attached to an aromatic ring is 1. The molecule has 0 aliphatic heterocycles. The van der Waals surface area contributed by atoms with Crippen LogP contribution < -0.4 is 5.73 Å². The Bertz CT molecular complexity index is 635. The molecule has 4 nitrogen and oxygen atoms in total. The monoisotopic (exact) mass is 283 g/mol. The molecule has 2 rings (SSSR count). The summed E-state index contributed by atoms with van der Waals surface area (Å²) in [5.74, 6) is 0.348. The Morgan fingerprint density at radius 2 is 1.90 bits per heavy atom. The summed E-state index contributed by atoms with van der Waals surface area (Å²) in [7, 11) is 1.80. The van der Waals surface area contributed by atoms with E-state index in [0.29, 0.717) is 17.9 Å². The predicted molar refractivity (Wildman–Crippen MR) is 85.0 cm³/mol. The highest BCUT2D eigenvalue weighted by Gasteiger charge is 2.13. The van der Waals surface area contributed by atoms with Gasteiger partial charge < -0.3 is 10.6 Å². The molecule has 2 N–H and O–H groups in total. The number of carbonyl (C=O) groups excluding carboxylic acids is 1. The molecular weight excluding hydrogens is 262 g/mol. The van der Waals surface area contributed by atoms with E-state index < -0.39 is 0 Å². The highest BCUT2D eigenvalue weighted by atomic mass is 16.2. The first-order valence-electron chi connectivity index (χ1n) is 7.07. The Hall–Kier alpha value is -2.36. The second-order valence-electron chi connectivity index (χ2n) is 5.27. The average molecular weight is 283 g/mol. The molecule has 2 aromatic rings. The number of benzene rings is 1. The number of pyridine rings is 1. The maximum absolute atomic E-state index is 12.5. The van der Waals surface area contributed by atoms with Gasteiger partial charge in [0.1, 0.15) is 5.82 Å². The zero-order chi connectivity index (χ0) is 15.4. The highest BCUT2D eigenvalue weighted by molar-refractivity contribution is 5.94. The van der Waals surface area contributed by atoms with Crippen molar-refractivity contribution in [3.8, 4) is 0 Å². The number of nitrogens with zero attached hydrogens (tertiary/aromatic N) is 2. The molecule has 1 heterocycles. The number of aryl methyl sites for hydroxylation is 2. The van der Waals surface area contributed by atoms with Gasteiger partial charge in [0.05, 0.1) is 0 Å². The van der Waals surface area contributed by atoms with Gasteiger partial charge in [0.2, 0.25) is 0 Å². The molecule has 0 saturated heterocycles. The number of hydrogen-bond donors (Lipinski definition) is 1. The molecule has 0 atom stereocenters. The van der Waals surface area contributed by atoms with Gasteiger partial charge in [-0.1, -0.05) is 36.8 Å². The van der Waals surface area contributed by atoms with Gasteiger partial charge in [0.15, 0.2) is 0 Å². The van der Waals surface area contributed by atoms with Crippen LogP contribution in [0, 0.1) is 6.92 Å². The lowest BCUT2D eigenvalue weighted by Crippen LogP contribution is -2.26. The van der Waals surface area contributed by atoms with E-state index in [-0.39, 0.29) is 5.91 Å². The molecule has 0 fully saturated rings. The summed E-state index contributed by atoms with van der Waals surface area (Å²) < 4.78 is 0. The minimum atomic E-state index is -0.0422. The van der Waals surface area contributed by atoms with Crippen LogP contribution in [0.1, 0.15) is 34.1 Å². The minimum absolute atomic E-state index is 0.0422. The normalized spacial score (nSPS) is 10.4. The van der Waals surface area contributed by atoms with Gasteiger partial charge in [0.25, 0.3) is 5.91 Å². The van der Waals surface area contributed by atoms with Crippen LogP contribution in [0.5, 0.6) is 0 Å². The summed E-state index contributed by atoms with van der Waals surface area (Å²) in [4.78, 5) is 18.4. The standard InChI is InChI=1S/C17H21N3O/c1-4-15-9-14(10-16(18)19-15)17(21)20(3)11-13-7-5-12(2)6-8-13/h5-10H,4,11H2,1-3H3,(H2,18,19). The molecule has 4 heteroatoms. The fraction of sp³-hybridized carbons (Fsp3) is 0.294. The quantitative estimate of drug-likeness (QED) is 0.938. The zero-order valence-corrected chi connectivity index (χ0v) is 12.8. The maximum atomic E-state index is 12.5. The maximum Gasteiger partial charge on any atom is 0.254 e. The number of rotatable bonds is 4. The van der Waals surface area contributed by atoms with Gasteiger partial charge in [-0.15, -0.1) is 0 Å². The fourth-order valence-electron chi connectivity index (χ4n) is 2.17. The van der Waals surface area contributed by atoms with Crippen molar-refractivity contribution in [2.45, 2.75) is 26.8 Å². The predicted octanol–water partition coefficient (Wildman–Crippen LogP) is 2.81. The molecule has 0 aliphatic carbocycles. The van der Waals surface area contributed by atoms with Crippen molar-refractivity contribution in [3.63, 3.8) is 0 Å². The number of amides is 1. The van der Waals surface area contributed by atoms with Gasteiger partial charge in [-0.3, -0.25) is 4.79 Å². The molecular formula is C17H21N3O. The zero-order valence-electron chi connectivity index (χ0n) is 12.8. The second-order valence-corrected chi connectivity index (χ2v) is 5.27. The summed E-state index contributed by atoms with van der Waals surface area (Å²) in [5, 5.41) is 0. The summed E-state index contributed by atoms with van der Waals surface area (Å²) in [5.41, 5.74) is 9.50. The van der Waals surface area contributed by atoms with Crippen LogP contribution in [0.3, 0.4) is 0 Å².